The van der Waals surface area contributed by atoms with Crippen molar-refractivity contribution < 1.29 is 13.0 Å². The summed E-state index contributed by atoms with van der Waals surface area (Å²) in [6, 6.07) is 0. The molecule has 0 aromatic rings. The second kappa shape index (κ2) is 2.88. The summed E-state index contributed by atoms with van der Waals surface area (Å²) in [5.41, 5.74) is 1.26. The summed E-state index contributed by atoms with van der Waals surface area (Å²) in [4.78, 5) is -0.0671. The van der Waals surface area contributed by atoms with E-state index in [-0.39, 0.29) is 4.91 Å². The minimum absolute atomic E-state index is 0.0671. The summed E-state index contributed by atoms with van der Waals surface area (Å²) in [6.45, 7) is 5.32. The molecule has 0 amide bonds. The van der Waals surface area contributed by atoms with E-state index in [4.69, 9.17) is 4.55 Å². The topological polar surface area (TPSA) is 54.4 Å². The smallest absolute Gasteiger partial charge is 0.282 e. The molecule has 66 valence electrons. The quantitative estimate of drug-likeness (QED) is 0.634. The Kier molecular flexibility index (Phi) is 2.21. The van der Waals surface area contributed by atoms with Crippen LogP contribution in [0.2, 0.25) is 0 Å². The van der Waals surface area contributed by atoms with E-state index in [1.54, 1.807) is 6.92 Å². The standard InChI is InChI=1S/C8H10O3S/c1-6-3-4-7(2)8(5-6)12(9,10)11/h3,5H,2,4H2,1H3,(H,9,10,11). The first-order chi connectivity index (χ1) is 5.41. The molecule has 1 aliphatic carbocycles. The number of allylic oxidation sites excluding steroid dienone is 4. The van der Waals surface area contributed by atoms with Gasteiger partial charge in [0.15, 0.2) is 0 Å². The van der Waals surface area contributed by atoms with Crippen LogP contribution in [0, 0.1) is 0 Å². The largest absolute Gasteiger partial charge is 0.294 e. The zero-order chi connectivity index (χ0) is 9.35. The fourth-order valence-electron chi connectivity index (χ4n) is 1.01. The van der Waals surface area contributed by atoms with Crippen molar-refractivity contribution >= 4 is 10.1 Å². The molecule has 0 aromatic carbocycles. The molecule has 0 spiro atoms. The summed E-state index contributed by atoms with van der Waals surface area (Å²) in [5, 5.41) is 0. The fraction of sp³-hybridized carbons (Fsp3) is 0.250. The number of rotatable bonds is 1. The molecule has 0 fully saturated rings. The molecule has 0 bridgehead atoms. The molecule has 3 nitrogen and oxygen atoms in total. The molecule has 12 heavy (non-hydrogen) atoms. The predicted octanol–water partition coefficient (Wildman–Crippen LogP) is 1.66. The third-order valence-electron chi connectivity index (χ3n) is 1.66. The highest BCUT2D eigenvalue weighted by atomic mass is 32.2. The van der Waals surface area contributed by atoms with E-state index in [1.807, 2.05) is 6.08 Å². The minimum Gasteiger partial charge on any atom is -0.282 e. The Labute approximate surface area is 71.8 Å². The molecule has 0 atom stereocenters. The molecule has 0 saturated carbocycles. The first kappa shape index (κ1) is 9.22. The lowest BCUT2D eigenvalue weighted by Gasteiger charge is -2.10. The highest BCUT2D eigenvalue weighted by Crippen LogP contribution is 2.24. The van der Waals surface area contributed by atoms with Crippen molar-refractivity contribution in [3.63, 3.8) is 0 Å². The zero-order valence-corrected chi connectivity index (χ0v) is 7.56. The maximum atomic E-state index is 10.7. The lowest BCUT2D eigenvalue weighted by molar-refractivity contribution is 0.491. The average molecular weight is 186 g/mol. The highest BCUT2D eigenvalue weighted by molar-refractivity contribution is 7.90. The Bertz CT molecular complexity index is 371. The molecule has 4 heteroatoms. The molecule has 1 N–H and O–H groups in total. The van der Waals surface area contributed by atoms with Crippen LogP contribution in [-0.4, -0.2) is 13.0 Å². The van der Waals surface area contributed by atoms with Gasteiger partial charge in [-0.25, -0.2) is 0 Å². The van der Waals surface area contributed by atoms with Crippen LogP contribution in [0.3, 0.4) is 0 Å². The molecule has 0 radical (unpaired) electrons. The van der Waals surface area contributed by atoms with Gasteiger partial charge in [-0.05, 0) is 25.0 Å². The second-order valence-electron chi connectivity index (χ2n) is 2.74. The van der Waals surface area contributed by atoms with Gasteiger partial charge in [-0.3, -0.25) is 4.55 Å². The van der Waals surface area contributed by atoms with Gasteiger partial charge in [0.1, 0.15) is 0 Å². The molecule has 1 rings (SSSR count). The Morgan fingerprint density at radius 2 is 2.17 bits per heavy atom. The monoisotopic (exact) mass is 186 g/mol. The van der Waals surface area contributed by atoms with Gasteiger partial charge in [-0.2, -0.15) is 8.42 Å². The van der Waals surface area contributed by atoms with Crippen LogP contribution < -0.4 is 0 Å². The van der Waals surface area contributed by atoms with Crippen molar-refractivity contribution in [3.05, 3.63) is 34.8 Å². The molecular weight excluding hydrogens is 176 g/mol. The summed E-state index contributed by atoms with van der Waals surface area (Å²) in [6.07, 6.45) is 3.76. The highest BCUT2D eigenvalue weighted by Gasteiger charge is 2.18. The zero-order valence-electron chi connectivity index (χ0n) is 6.74. The van der Waals surface area contributed by atoms with Gasteiger partial charge in [0.25, 0.3) is 10.1 Å². The van der Waals surface area contributed by atoms with E-state index in [2.05, 4.69) is 6.58 Å². The fourth-order valence-corrected chi connectivity index (χ4v) is 1.79. The summed E-state index contributed by atoms with van der Waals surface area (Å²) in [5.74, 6) is 0. The van der Waals surface area contributed by atoms with Gasteiger partial charge in [0, 0.05) is 0 Å². The van der Waals surface area contributed by atoms with Gasteiger partial charge in [0.2, 0.25) is 0 Å². The van der Waals surface area contributed by atoms with Gasteiger partial charge in [-0.1, -0.05) is 18.2 Å². The van der Waals surface area contributed by atoms with E-state index in [9.17, 15) is 8.42 Å². The third kappa shape index (κ3) is 1.84. The van der Waals surface area contributed by atoms with E-state index < -0.39 is 10.1 Å². The van der Waals surface area contributed by atoms with Crippen molar-refractivity contribution in [2.75, 3.05) is 0 Å². The van der Waals surface area contributed by atoms with Crippen LogP contribution in [0.15, 0.2) is 34.8 Å². The Balaban J connectivity index is 3.20. The normalized spacial score (nSPS) is 18.7. The van der Waals surface area contributed by atoms with Crippen LogP contribution in [0.4, 0.5) is 0 Å². The predicted molar refractivity (Wildman–Crippen MR) is 47.1 cm³/mol. The average Bonchev–Trinajstić information content (AvgIpc) is 1.92. The molecule has 0 saturated heterocycles. The van der Waals surface area contributed by atoms with E-state index in [0.29, 0.717) is 12.0 Å². The van der Waals surface area contributed by atoms with Crippen LogP contribution in [0.5, 0.6) is 0 Å². The molecule has 0 unspecified atom stereocenters. The first-order valence-electron chi connectivity index (χ1n) is 3.45. The lowest BCUT2D eigenvalue weighted by atomic mass is 10.1. The minimum atomic E-state index is -4.09. The maximum Gasteiger partial charge on any atom is 0.294 e. The number of hydrogen-bond donors (Lipinski definition) is 1. The van der Waals surface area contributed by atoms with Gasteiger partial charge in [-0.15, -0.1) is 0 Å². The second-order valence-corrected chi connectivity index (χ2v) is 4.13. The van der Waals surface area contributed by atoms with Gasteiger partial charge >= 0.3 is 0 Å². The van der Waals surface area contributed by atoms with Crippen LogP contribution in [0.25, 0.3) is 0 Å². The Morgan fingerprint density at radius 1 is 1.58 bits per heavy atom. The summed E-state index contributed by atoms with van der Waals surface area (Å²) < 4.78 is 30.2. The van der Waals surface area contributed by atoms with Crippen molar-refractivity contribution in [3.8, 4) is 0 Å². The third-order valence-corrected chi connectivity index (χ3v) is 2.62. The first-order valence-corrected chi connectivity index (χ1v) is 4.89. The van der Waals surface area contributed by atoms with Crippen LogP contribution in [-0.2, 0) is 10.1 Å². The van der Waals surface area contributed by atoms with Crippen molar-refractivity contribution in [2.24, 2.45) is 0 Å². The lowest BCUT2D eigenvalue weighted by Crippen LogP contribution is -2.06. The Morgan fingerprint density at radius 3 is 2.58 bits per heavy atom. The summed E-state index contributed by atoms with van der Waals surface area (Å²) >= 11 is 0. The van der Waals surface area contributed by atoms with Crippen molar-refractivity contribution in [1.82, 2.24) is 0 Å². The van der Waals surface area contributed by atoms with E-state index in [1.165, 1.54) is 6.08 Å². The SMILES string of the molecule is C=C1CC=C(C)C=C1S(=O)(=O)O. The maximum absolute atomic E-state index is 10.7. The van der Waals surface area contributed by atoms with Gasteiger partial charge < -0.3 is 0 Å². The molecule has 0 aromatic heterocycles. The van der Waals surface area contributed by atoms with Crippen LogP contribution >= 0.6 is 0 Å². The van der Waals surface area contributed by atoms with E-state index >= 15 is 0 Å². The van der Waals surface area contributed by atoms with Crippen LogP contribution in [0.1, 0.15) is 13.3 Å². The van der Waals surface area contributed by atoms with E-state index in [0.717, 1.165) is 5.57 Å². The molecular formula is C8H10O3S. The summed E-state index contributed by atoms with van der Waals surface area (Å²) in [7, 11) is -4.09. The molecule has 0 heterocycles. The van der Waals surface area contributed by atoms with Crippen molar-refractivity contribution in [2.45, 2.75) is 13.3 Å². The molecule has 0 aliphatic heterocycles. The molecule has 1 aliphatic rings. The van der Waals surface area contributed by atoms with Gasteiger partial charge in [0.05, 0.1) is 4.91 Å². The Hall–Kier alpha value is -0.870. The number of hydrogen-bond acceptors (Lipinski definition) is 2. The van der Waals surface area contributed by atoms with Crippen molar-refractivity contribution in [1.29, 1.82) is 0 Å².